The van der Waals surface area contributed by atoms with Gasteiger partial charge in [-0.15, -0.1) is 5.06 Å². The maximum atomic E-state index is 12.9. The molecule has 5 rings (SSSR count). The summed E-state index contributed by atoms with van der Waals surface area (Å²) in [5, 5.41) is 12.8. The summed E-state index contributed by atoms with van der Waals surface area (Å²) in [7, 11) is 0. The zero-order valence-corrected chi connectivity index (χ0v) is 21.3. The zero-order chi connectivity index (χ0) is 29.3. The van der Waals surface area contributed by atoms with E-state index >= 15 is 0 Å². The average molecular weight is 562 g/mol. The fourth-order valence-electron chi connectivity index (χ4n) is 4.60. The van der Waals surface area contributed by atoms with Gasteiger partial charge in [0.1, 0.15) is 5.82 Å². The van der Waals surface area contributed by atoms with Crippen LogP contribution >= 0.6 is 0 Å². The van der Waals surface area contributed by atoms with Gasteiger partial charge in [-0.05, 0) is 30.3 Å². The van der Waals surface area contributed by atoms with E-state index in [0.717, 1.165) is 11.5 Å². The van der Waals surface area contributed by atoms with Gasteiger partial charge in [0.05, 0.1) is 23.7 Å². The Labute approximate surface area is 231 Å². The van der Waals surface area contributed by atoms with Gasteiger partial charge in [-0.3, -0.25) is 28.6 Å². The van der Waals surface area contributed by atoms with Crippen LogP contribution in [0.3, 0.4) is 0 Å². The molecule has 4 atom stereocenters. The van der Waals surface area contributed by atoms with Crippen LogP contribution in [0.25, 0.3) is 0 Å². The number of aromatic nitrogens is 2. The number of nitrogens with one attached hydrogen (secondary N) is 1. The molecule has 2 aliphatic heterocycles. The van der Waals surface area contributed by atoms with Crippen LogP contribution in [0.4, 0.5) is 5.82 Å². The van der Waals surface area contributed by atoms with Crippen LogP contribution in [0.2, 0.25) is 0 Å². The monoisotopic (exact) mass is 562 g/mol. The van der Waals surface area contributed by atoms with Crippen molar-refractivity contribution in [2.45, 2.75) is 25.4 Å². The lowest BCUT2D eigenvalue weighted by Crippen LogP contribution is -2.41. The number of nitrogens with zero attached hydrogens (tertiary/aromatic N) is 3. The first kappa shape index (κ1) is 27.4. The molecule has 0 bridgehead atoms. The van der Waals surface area contributed by atoms with Gasteiger partial charge >= 0.3 is 17.6 Å². The van der Waals surface area contributed by atoms with E-state index in [1.807, 2.05) is 0 Å². The molecule has 41 heavy (non-hydrogen) atoms. The zero-order valence-electron chi connectivity index (χ0n) is 21.3. The molecule has 1 fully saturated rings. The van der Waals surface area contributed by atoms with E-state index in [1.165, 1.54) is 24.4 Å². The highest BCUT2D eigenvalue weighted by Gasteiger charge is 2.52. The van der Waals surface area contributed by atoms with Gasteiger partial charge in [-0.25, -0.2) is 9.59 Å². The fraction of sp³-hybridized carbons (Fsp3) is 0.222. The molecule has 210 valence electrons. The Balaban J connectivity index is 1.38. The molecule has 3 aromatic rings. The Bertz CT molecular complexity index is 1570. The number of anilines is 1. The van der Waals surface area contributed by atoms with Crippen molar-refractivity contribution >= 4 is 35.5 Å². The van der Waals surface area contributed by atoms with Gasteiger partial charge in [0.15, 0.2) is 18.4 Å². The van der Waals surface area contributed by atoms with E-state index in [2.05, 4.69) is 10.3 Å². The van der Waals surface area contributed by atoms with Crippen LogP contribution in [0, 0.1) is 5.92 Å². The molecule has 3 heterocycles. The molecule has 2 N–H and O–H groups in total. The molecule has 0 saturated carbocycles. The number of carbonyl (C=O) groups is 5. The molecule has 1 aromatic heterocycles. The van der Waals surface area contributed by atoms with Crippen molar-refractivity contribution in [3.63, 3.8) is 0 Å². The molecule has 0 radical (unpaired) electrons. The molecule has 2 aliphatic rings. The minimum absolute atomic E-state index is 0.0811. The van der Waals surface area contributed by atoms with Crippen molar-refractivity contribution in [1.29, 1.82) is 0 Å². The number of esters is 1. The number of carbonyl (C=O) groups excluding carboxylic acids is 4. The van der Waals surface area contributed by atoms with Crippen LogP contribution < -0.4 is 11.0 Å². The van der Waals surface area contributed by atoms with E-state index in [0.29, 0.717) is 10.6 Å². The first-order valence-corrected chi connectivity index (χ1v) is 12.3. The topological polar surface area (TPSA) is 183 Å². The number of aliphatic carboxylic acids is 1. The highest BCUT2D eigenvalue weighted by Crippen LogP contribution is 2.37. The number of imide groups is 1. The number of fused-ring (bicyclic) bond motifs is 1. The van der Waals surface area contributed by atoms with E-state index in [1.54, 1.807) is 42.5 Å². The smallest absolute Gasteiger partial charge is 0.351 e. The third-order valence-electron chi connectivity index (χ3n) is 6.46. The molecular weight excluding hydrogens is 540 g/mol. The Morgan fingerprint density at radius 1 is 0.976 bits per heavy atom. The quantitative estimate of drug-likeness (QED) is 0.298. The number of amides is 3. The minimum Gasteiger partial charge on any atom is -0.479 e. The number of ether oxygens (including phenoxy) is 2. The molecule has 14 heteroatoms. The van der Waals surface area contributed by atoms with E-state index in [4.69, 9.17) is 14.3 Å². The fourth-order valence-corrected chi connectivity index (χ4v) is 4.60. The highest BCUT2D eigenvalue weighted by atomic mass is 16.7. The summed E-state index contributed by atoms with van der Waals surface area (Å²) in [5.74, 6) is -5.61. The van der Waals surface area contributed by atoms with Crippen LogP contribution in [0.5, 0.6) is 0 Å². The van der Waals surface area contributed by atoms with Crippen LogP contribution in [-0.2, 0) is 23.9 Å². The summed E-state index contributed by atoms with van der Waals surface area (Å²) in [6.07, 6.45) is -3.32. The number of carboxylic acids is 1. The predicted molar refractivity (Wildman–Crippen MR) is 136 cm³/mol. The second-order valence-corrected chi connectivity index (χ2v) is 9.09. The second-order valence-electron chi connectivity index (χ2n) is 9.09. The van der Waals surface area contributed by atoms with Crippen LogP contribution in [0.15, 0.2) is 71.7 Å². The average Bonchev–Trinajstić information content (AvgIpc) is 3.42. The number of benzene rings is 2. The van der Waals surface area contributed by atoms with Crippen LogP contribution in [0.1, 0.15) is 44.2 Å². The summed E-state index contributed by atoms with van der Waals surface area (Å²) in [4.78, 5) is 84.1. The normalized spacial score (nSPS) is 21.4. The van der Waals surface area contributed by atoms with Crippen molar-refractivity contribution < 1.29 is 43.4 Å². The van der Waals surface area contributed by atoms with E-state index in [-0.39, 0.29) is 16.9 Å². The molecule has 14 nitrogen and oxygen atoms in total. The number of carboxylic acid groups (broad SMARTS) is 1. The van der Waals surface area contributed by atoms with Crippen molar-refractivity contribution in [3.05, 3.63) is 94.0 Å². The summed E-state index contributed by atoms with van der Waals surface area (Å²) in [6.45, 7) is 0.487. The second kappa shape index (κ2) is 11.1. The first-order valence-electron chi connectivity index (χ1n) is 12.3. The molecule has 3 amide bonds. The molecule has 1 saturated heterocycles. The minimum atomic E-state index is -1.66. The number of hydrogen-bond donors (Lipinski definition) is 2. The molecule has 0 spiro atoms. The maximum absolute atomic E-state index is 12.9. The van der Waals surface area contributed by atoms with Crippen LogP contribution in [-0.4, -0.2) is 68.2 Å². The van der Waals surface area contributed by atoms with Gasteiger partial charge in [0, 0.05) is 18.7 Å². The Hall–Kier alpha value is -5.21. The predicted octanol–water partition coefficient (Wildman–Crippen LogP) is 1.25. The van der Waals surface area contributed by atoms with Crippen molar-refractivity contribution in [1.82, 2.24) is 14.6 Å². The number of hydrogen-bond acceptors (Lipinski definition) is 10. The number of hydroxylamine groups is 2. The van der Waals surface area contributed by atoms with Gasteiger partial charge in [-0.2, -0.15) is 4.98 Å². The van der Waals surface area contributed by atoms with Gasteiger partial charge in [0.2, 0.25) is 0 Å². The lowest BCUT2D eigenvalue weighted by molar-refractivity contribution is -0.159. The molecule has 0 unspecified atom stereocenters. The lowest BCUT2D eigenvalue weighted by Gasteiger charge is -2.25. The highest BCUT2D eigenvalue weighted by molar-refractivity contribution is 6.20. The third-order valence-corrected chi connectivity index (χ3v) is 6.46. The Morgan fingerprint density at radius 2 is 1.61 bits per heavy atom. The maximum Gasteiger partial charge on any atom is 0.351 e. The van der Waals surface area contributed by atoms with Gasteiger partial charge < -0.3 is 19.9 Å². The summed E-state index contributed by atoms with van der Waals surface area (Å²) in [5.41, 5.74) is -0.385. The molecular formula is C27H22N4O10. The Morgan fingerprint density at radius 3 is 2.20 bits per heavy atom. The number of rotatable bonds is 8. The molecule has 2 aromatic carbocycles. The lowest BCUT2D eigenvalue weighted by atomic mass is 9.98. The molecule has 0 aliphatic carbocycles. The summed E-state index contributed by atoms with van der Waals surface area (Å²) in [6, 6.07) is 15.5. The van der Waals surface area contributed by atoms with Crippen molar-refractivity contribution in [2.75, 3.05) is 11.9 Å². The third kappa shape index (κ3) is 5.33. The Kier molecular flexibility index (Phi) is 7.42. The SMILES string of the molecule is CC(=O)O[C@@H]1[C@H](CON2C(=O)c3ccccc3C2=O)[C@@H](C(=O)O)O[C@H]1n1ccc(NC(=O)c2ccccc2)nc1=O. The standard InChI is InChI=1S/C27H22N4O10/c1-14(32)40-20-18(13-39-31-23(34)16-9-5-6-10-17(16)24(31)35)21(26(36)37)41-25(20)30-12-11-19(29-27(30)38)28-22(33)15-7-3-2-4-8-15/h2-12,18,20-21,25H,13H2,1H3,(H,36,37)(H,28,29,33,38)/t18-,20+,21-,25+/m0/s1. The van der Waals surface area contributed by atoms with Crippen molar-refractivity contribution in [2.24, 2.45) is 5.92 Å². The van der Waals surface area contributed by atoms with E-state index < -0.39 is 66.3 Å². The van der Waals surface area contributed by atoms with Crippen molar-refractivity contribution in [3.8, 4) is 0 Å². The largest absolute Gasteiger partial charge is 0.479 e. The summed E-state index contributed by atoms with van der Waals surface area (Å²) >= 11 is 0. The van der Waals surface area contributed by atoms with Gasteiger partial charge in [0.25, 0.3) is 17.7 Å². The van der Waals surface area contributed by atoms with E-state index in [9.17, 15) is 33.9 Å². The van der Waals surface area contributed by atoms with Gasteiger partial charge in [-0.1, -0.05) is 30.3 Å². The first-order chi connectivity index (χ1) is 19.7. The summed E-state index contributed by atoms with van der Waals surface area (Å²) < 4.78 is 11.9.